The molecule has 29 heavy (non-hydrogen) atoms. The van der Waals surface area contributed by atoms with Gasteiger partial charge in [-0.1, -0.05) is 48.6 Å². The number of carbonyl (C=O) groups excluding carboxylic acids is 1. The molecule has 152 valence electrons. The summed E-state index contributed by atoms with van der Waals surface area (Å²) in [6.07, 6.45) is 5.31. The minimum atomic E-state index is -0.449. The zero-order chi connectivity index (χ0) is 20.6. The number of nitro benzene ring substituents is 1. The van der Waals surface area contributed by atoms with Gasteiger partial charge < -0.3 is 14.4 Å². The molecule has 0 aromatic heterocycles. The Labute approximate surface area is 169 Å². The molecule has 1 aliphatic heterocycles. The largest absolute Gasteiger partial charge is 0.490 e. The van der Waals surface area contributed by atoms with Crippen LogP contribution < -0.4 is 4.74 Å². The quantitative estimate of drug-likeness (QED) is 0.524. The van der Waals surface area contributed by atoms with E-state index in [1.165, 1.54) is 13.2 Å². The standard InChI is InChI=1S/C22H24N2O5/c1-28-21-10-9-18(15-20(21)24(26)27)8-7-17-11-13-23(14-12-17)22(25)29-16-19-5-3-2-4-6-19/h2-10,15,17H,11-14,16H2,1H3. The Morgan fingerprint density at radius 1 is 1.21 bits per heavy atom. The summed E-state index contributed by atoms with van der Waals surface area (Å²) in [6, 6.07) is 14.5. The number of likely N-dealkylation sites (tertiary alicyclic amines) is 1. The summed E-state index contributed by atoms with van der Waals surface area (Å²) in [7, 11) is 1.41. The SMILES string of the molecule is COc1ccc(C=CC2CCN(C(=O)OCc3ccccc3)CC2)cc1[N+](=O)[O-]. The highest BCUT2D eigenvalue weighted by molar-refractivity contribution is 5.67. The number of carbonyl (C=O) groups is 1. The third kappa shape index (κ3) is 5.57. The van der Waals surface area contributed by atoms with Crippen molar-refractivity contribution in [1.29, 1.82) is 0 Å². The second-order valence-electron chi connectivity index (χ2n) is 6.91. The zero-order valence-corrected chi connectivity index (χ0v) is 16.3. The summed E-state index contributed by atoms with van der Waals surface area (Å²) in [5, 5.41) is 11.1. The van der Waals surface area contributed by atoms with E-state index >= 15 is 0 Å². The maximum atomic E-state index is 12.2. The first-order chi connectivity index (χ1) is 14.1. The van der Waals surface area contributed by atoms with Gasteiger partial charge in [-0.15, -0.1) is 0 Å². The van der Waals surface area contributed by atoms with Crippen LogP contribution in [-0.2, 0) is 11.3 Å². The van der Waals surface area contributed by atoms with Crippen molar-refractivity contribution in [3.8, 4) is 5.75 Å². The minimum Gasteiger partial charge on any atom is -0.490 e. The fraction of sp³-hybridized carbons (Fsp3) is 0.318. The Balaban J connectivity index is 1.50. The fourth-order valence-corrected chi connectivity index (χ4v) is 3.29. The fourth-order valence-electron chi connectivity index (χ4n) is 3.29. The molecule has 0 unspecified atom stereocenters. The summed E-state index contributed by atoms with van der Waals surface area (Å²) in [5.41, 5.74) is 1.67. The minimum absolute atomic E-state index is 0.0503. The number of nitro groups is 1. The summed E-state index contributed by atoms with van der Waals surface area (Å²) < 4.78 is 10.4. The van der Waals surface area contributed by atoms with Crippen molar-refractivity contribution in [2.45, 2.75) is 19.4 Å². The van der Waals surface area contributed by atoms with Crippen molar-refractivity contribution in [3.05, 3.63) is 75.8 Å². The molecule has 7 heteroatoms. The molecule has 0 saturated carbocycles. The molecule has 0 atom stereocenters. The van der Waals surface area contributed by atoms with Crippen LogP contribution in [0.1, 0.15) is 24.0 Å². The van der Waals surface area contributed by atoms with Crippen molar-refractivity contribution >= 4 is 17.9 Å². The van der Waals surface area contributed by atoms with Crippen LogP contribution in [0.5, 0.6) is 5.75 Å². The first kappa shape index (κ1) is 20.4. The molecule has 7 nitrogen and oxygen atoms in total. The van der Waals surface area contributed by atoms with Gasteiger partial charge >= 0.3 is 11.8 Å². The van der Waals surface area contributed by atoms with E-state index < -0.39 is 4.92 Å². The van der Waals surface area contributed by atoms with Gasteiger partial charge in [-0.3, -0.25) is 10.1 Å². The van der Waals surface area contributed by atoms with Crippen molar-refractivity contribution in [1.82, 2.24) is 4.90 Å². The highest BCUT2D eigenvalue weighted by Crippen LogP contribution is 2.28. The molecular formula is C22H24N2O5. The molecule has 3 rings (SSSR count). The summed E-state index contributed by atoms with van der Waals surface area (Å²) in [4.78, 5) is 24.6. The van der Waals surface area contributed by atoms with E-state index in [2.05, 4.69) is 6.08 Å². The second-order valence-corrected chi connectivity index (χ2v) is 6.91. The van der Waals surface area contributed by atoms with Gasteiger partial charge in [0.2, 0.25) is 0 Å². The number of amides is 1. The van der Waals surface area contributed by atoms with Crippen LogP contribution in [0.2, 0.25) is 0 Å². The lowest BCUT2D eigenvalue weighted by atomic mass is 9.96. The molecular weight excluding hydrogens is 372 g/mol. The first-order valence-electron chi connectivity index (χ1n) is 9.53. The van der Waals surface area contributed by atoms with Gasteiger partial charge in [0.25, 0.3) is 0 Å². The number of methoxy groups -OCH3 is 1. The highest BCUT2D eigenvalue weighted by Gasteiger charge is 2.22. The van der Waals surface area contributed by atoms with Crippen LogP contribution in [0.3, 0.4) is 0 Å². The third-order valence-electron chi connectivity index (χ3n) is 4.96. The zero-order valence-electron chi connectivity index (χ0n) is 16.3. The smallest absolute Gasteiger partial charge is 0.410 e. The number of benzene rings is 2. The third-order valence-corrected chi connectivity index (χ3v) is 4.96. The van der Waals surface area contributed by atoms with Crippen LogP contribution >= 0.6 is 0 Å². The molecule has 0 radical (unpaired) electrons. The number of rotatable bonds is 6. The van der Waals surface area contributed by atoms with E-state index in [1.807, 2.05) is 36.4 Å². The highest BCUT2D eigenvalue weighted by atomic mass is 16.6. The lowest BCUT2D eigenvalue weighted by Crippen LogP contribution is -2.38. The number of piperidine rings is 1. The van der Waals surface area contributed by atoms with Crippen molar-refractivity contribution in [2.24, 2.45) is 5.92 Å². The number of allylic oxidation sites excluding steroid dienone is 1. The lowest BCUT2D eigenvalue weighted by molar-refractivity contribution is -0.385. The normalized spacial score (nSPS) is 14.7. The van der Waals surface area contributed by atoms with E-state index in [0.29, 0.717) is 19.0 Å². The Hall–Kier alpha value is -3.35. The van der Waals surface area contributed by atoms with Crippen LogP contribution in [-0.4, -0.2) is 36.1 Å². The molecule has 2 aromatic carbocycles. The Bertz CT molecular complexity index is 874. The number of ether oxygens (including phenoxy) is 2. The Kier molecular flexibility index (Phi) is 6.84. The molecule has 1 saturated heterocycles. The molecule has 1 fully saturated rings. The monoisotopic (exact) mass is 396 g/mol. The van der Waals surface area contributed by atoms with Gasteiger partial charge in [-0.2, -0.15) is 0 Å². The van der Waals surface area contributed by atoms with Gasteiger partial charge in [0.15, 0.2) is 5.75 Å². The van der Waals surface area contributed by atoms with E-state index in [9.17, 15) is 14.9 Å². The molecule has 1 aliphatic rings. The van der Waals surface area contributed by atoms with Crippen molar-refractivity contribution in [2.75, 3.05) is 20.2 Å². The molecule has 2 aromatic rings. The Morgan fingerprint density at radius 2 is 1.93 bits per heavy atom. The van der Waals surface area contributed by atoms with Gasteiger partial charge in [0.05, 0.1) is 12.0 Å². The molecule has 1 amide bonds. The molecule has 0 N–H and O–H groups in total. The first-order valence-corrected chi connectivity index (χ1v) is 9.53. The maximum absolute atomic E-state index is 12.2. The number of hydrogen-bond donors (Lipinski definition) is 0. The molecule has 0 aliphatic carbocycles. The van der Waals surface area contributed by atoms with Gasteiger partial charge in [0.1, 0.15) is 6.61 Å². The topological polar surface area (TPSA) is 81.9 Å². The summed E-state index contributed by atoms with van der Waals surface area (Å²) in [6.45, 7) is 1.53. The van der Waals surface area contributed by atoms with Gasteiger partial charge in [-0.05, 0) is 36.0 Å². The predicted molar refractivity (Wildman–Crippen MR) is 110 cm³/mol. The second kappa shape index (κ2) is 9.73. The average Bonchev–Trinajstić information content (AvgIpc) is 2.76. The van der Waals surface area contributed by atoms with E-state index in [4.69, 9.17) is 9.47 Å². The van der Waals surface area contributed by atoms with Gasteiger partial charge in [-0.25, -0.2) is 4.79 Å². The van der Waals surface area contributed by atoms with E-state index in [0.717, 1.165) is 24.0 Å². The van der Waals surface area contributed by atoms with Crippen LogP contribution in [0.15, 0.2) is 54.6 Å². The van der Waals surface area contributed by atoms with Crippen molar-refractivity contribution < 1.29 is 19.2 Å². The average molecular weight is 396 g/mol. The van der Waals surface area contributed by atoms with Gasteiger partial charge in [0, 0.05) is 19.2 Å². The van der Waals surface area contributed by atoms with Crippen molar-refractivity contribution in [3.63, 3.8) is 0 Å². The number of nitrogens with zero attached hydrogens (tertiary/aromatic N) is 2. The predicted octanol–water partition coefficient (Wildman–Crippen LogP) is 4.67. The Morgan fingerprint density at radius 3 is 2.59 bits per heavy atom. The van der Waals surface area contributed by atoms with E-state index in [1.54, 1.807) is 17.0 Å². The summed E-state index contributed by atoms with van der Waals surface area (Å²) in [5.74, 6) is 0.559. The molecule has 1 heterocycles. The number of hydrogen-bond acceptors (Lipinski definition) is 5. The molecule has 0 bridgehead atoms. The van der Waals surface area contributed by atoms with Crippen LogP contribution in [0.4, 0.5) is 10.5 Å². The maximum Gasteiger partial charge on any atom is 0.410 e. The lowest BCUT2D eigenvalue weighted by Gasteiger charge is -2.30. The summed E-state index contributed by atoms with van der Waals surface area (Å²) >= 11 is 0. The van der Waals surface area contributed by atoms with Crippen LogP contribution in [0, 0.1) is 16.0 Å². The molecule has 0 spiro atoms. The van der Waals surface area contributed by atoms with Crippen LogP contribution in [0.25, 0.3) is 6.08 Å². The van der Waals surface area contributed by atoms with E-state index in [-0.39, 0.29) is 24.1 Å².